The molecule has 3 atom stereocenters. The second kappa shape index (κ2) is 9.20. The van der Waals surface area contributed by atoms with Gasteiger partial charge < -0.3 is 25.0 Å². The first-order chi connectivity index (χ1) is 12.7. The van der Waals surface area contributed by atoms with E-state index in [1.165, 1.54) is 4.57 Å². The van der Waals surface area contributed by atoms with Crippen LogP contribution in [0.15, 0.2) is 21.7 Å². The Hall–Kier alpha value is -1.02. The fraction of sp³-hybridized carbons (Fsp3) is 0.412. The summed E-state index contributed by atoms with van der Waals surface area (Å²) in [6, 6.07) is 3.53. The van der Waals surface area contributed by atoms with Gasteiger partial charge in [0.2, 0.25) is 0 Å². The number of aromatic nitrogens is 4. The molecule has 0 aromatic heterocycles. The predicted molar refractivity (Wildman–Crippen MR) is 103 cm³/mol. The molecule has 1 aromatic carbocycles. The Morgan fingerprint density at radius 2 is 1.71 bits per heavy atom. The van der Waals surface area contributed by atoms with Crippen molar-refractivity contribution in [2.45, 2.75) is 38.7 Å². The molecule has 0 unspecified atom stereocenters. The van der Waals surface area contributed by atoms with E-state index < -0.39 is 36.2 Å². The normalized spacial score (nSPS) is 14.6. The minimum absolute atomic E-state index is 0. The molecule has 5 N–H and O–H groups in total. The van der Waals surface area contributed by atoms with Crippen molar-refractivity contribution in [2.24, 2.45) is 0 Å². The average Bonchev–Trinajstić information content (AvgIpc) is 2.62. The summed E-state index contributed by atoms with van der Waals surface area (Å²) in [5.41, 5.74) is 1.11. The van der Waals surface area contributed by atoms with Crippen LogP contribution in [0.1, 0.15) is 11.1 Å². The third kappa shape index (κ3) is 4.42. The average molecular weight is 416 g/mol. The van der Waals surface area contributed by atoms with Crippen LogP contribution in [0, 0.1) is 13.8 Å². The van der Waals surface area contributed by atoms with Gasteiger partial charge in [0, 0.05) is 0 Å². The number of aliphatic hydroxyl groups excluding tert-OH is 4. The van der Waals surface area contributed by atoms with Crippen LogP contribution in [0.25, 0.3) is 22.6 Å². The standard InChI is InChI=1S/C17H20N4O6.K.H/c1-7-3-9-10(4-8(7)2)21(5-11(23)14(25)12(24)6-22)15-13(18-9)16(26)20-17(27)19-15;;/h3-4,11-12,14,22-25H,5-6H2,1-2H3,(H,20,26,27);;/t11-,12+,14-;;/m0../s1. The Labute approximate surface area is 201 Å². The third-order valence-electron chi connectivity index (χ3n) is 4.57. The summed E-state index contributed by atoms with van der Waals surface area (Å²) in [6.07, 6.45) is -4.68. The first-order valence-electron chi connectivity index (χ1n) is 8.29. The summed E-state index contributed by atoms with van der Waals surface area (Å²) < 4.78 is 1.40. The molecule has 0 radical (unpaired) electrons. The Kier molecular flexibility index (Phi) is 7.64. The molecule has 3 rings (SSSR count). The number of nitrogens with zero attached hydrogens (tertiary/aromatic N) is 3. The monoisotopic (exact) mass is 416 g/mol. The van der Waals surface area contributed by atoms with E-state index in [4.69, 9.17) is 5.11 Å². The van der Waals surface area contributed by atoms with Crippen molar-refractivity contribution >= 4 is 62.4 Å². The summed E-state index contributed by atoms with van der Waals surface area (Å²) in [7, 11) is 0. The zero-order valence-electron chi connectivity index (χ0n) is 14.7. The van der Waals surface area contributed by atoms with Gasteiger partial charge in [-0.15, -0.1) is 0 Å². The Morgan fingerprint density at radius 1 is 1.07 bits per heavy atom. The number of aromatic amines is 1. The summed E-state index contributed by atoms with van der Waals surface area (Å²) in [6.45, 7) is 2.73. The summed E-state index contributed by atoms with van der Waals surface area (Å²) in [4.78, 5) is 34.0. The molecule has 28 heavy (non-hydrogen) atoms. The molecule has 0 saturated carbocycles. The number of aliphatic hydroxyl groups is 4. The van der Waals surface area contributed by atoms with Crippen LogP contribution < -0.4 is 11.2 Å². The van der Waals surface area contributed by atoms with Gasteiger partial charge in [-0.1, -0.05) is 0 Å². The molecule has 2 aliphatic rings. The molecule has 11 heteroatoms. The predicted octanol–water partition coefficient (Wildman–Crippen LogP) is -2.37. The first-order valence-corrected chi connectivity index (χ1v) is 8.29. The van der Waals surface area contributed by atoms with Crippen molar-refractivity contribution < 1.29 is 20.4 Å². The van der Waals surface area contributed by atoms with Crippen molar-refractivity contribution in [2.75, 3.05) is 6.61 Å². The van der Waals surface area contributed by atoms with E-state index in [0.717, 1.165) is 11.1 Å². The number of H-pyrrole nitrogens is 1. The van der Waals surface area contributed by atoms with Gasteiger partial charge >= 0.3 is 57.1 Å². The van der Waals surface area contributed by atoms with Crippen LogP contribution >= 0.6 is 0 Å². The zero-order valence-corrected chi connectivity index (χ0v) is 14.7. The number of nitrogens with one attached hydrogen (secondary N) is 1. The van der Waals surface area contributed by atoms with Crippen molar-refractivity contribution in [1.82, 2.24) is 19.5 Å². The van der Waals surface area contributed by atoms with Crippen LogP contribution in [0.3, 0.4) is 0 Å². The molecular formula is C17H21KN4O6. The second-order valence-corrected chi connectivity index (χ2v) is 6.50. The van der Waals surface area contributed by atoms with E-state index in [9.17, 15) is 24.9 Å². The van der Waals surface area contributed by atoms with Gasteiger partial charge in [-0.2, -0.15) is 4.98 Å². The van der Waals surface area contributed by atoms with Gasteiger partial charge in [0.25, 0.3) is 5.56 Å². The Morgan fingerprint density at radius 3 is 2.36 bits per heavy atom. The molecule has 0 saturated heterocycles. The van der Waals surface area contributed by atoms with Gasteiger partial charge in [-0.05, 0) is 37.1 Å². The van der Waals surface area contributed by atoms with E-state index in [1.54, 1.807) is 12.1 Å². The third-order valence-corrected chi connectivity index (χ3v) is 4.57. The molecule has 0 amide bonds. The van der Waals surface area contributed by atoms with Crippen LogP contribution in [0.2, 0.25) is 0 Å². The maximum absolute atomic E-state index is 12.2. The van der Waals surface area contributed by atoms with E-state index in [2.05, 4.69) is 15.0 Å². The number of benzene rings is 1. The molecule has 146 valence electrons. The number of aryl methyl sites for hydroxylation is 2. The van der Waals surface area contributed by atoms with Crippen LogP contribution in [0.4, 0.5) is 0 Å². The van der Waals surface area contributed by atoms with Crippen molar-refractivity contribution in [3.8, 4) is 11.5 Å². The fourth-order valence-electron chi connectivity index (χ4n) is 2.89. The molecule has 0 bridgehead atoms. The Bertz CT molecular complexity index is 1080. The molecule has 0 spiro atoms. The molecule has 2 aliphatic heterocycles. The molecule has 10 nitrogen and oxygen atoms in total. The van der Waals surface area contributed by atoms with Gasteiger partial charge in [-0.25, -0.2) is 9.78 Å². The molecule has 2 heterocycles. The van der Waals surface area contributed by atoms with Crippen LogP contribution in [-0.2, 0) is 6.54 Å². The van der Waals surface area contributed by atoms with E-state index in [0.29, 0.717) is 11.0 Å². The fourth-order valence-corrected chi connectivity index (χ4v) is 2.89. The van der Waals surface area contributed by atoms with Gasteiger partial charge in [-0.3, -0.25) is 9.78 Å². The van der Waals surface area contributed by atoms with Crippen LogP contribution in [-0.4, -0.2) is 116 Å². The van der Waals surface area contributed by atoms with Crippen molar-refractivity contribution in [3.63, 3.8) is 0 Å². The number of rotatable bonds is 5. The van der Waals surface area contributed by atoms with E-state index in [1.807, 2.05) is 13.8 Å². The first kappa shape index (κ1) is 23.3. The Balaban J connectivity index is 0.00000280. The molecule has 0 aliphatic carbocycles. The topological polar surface area (TPSA) is 162 Å². The molecule has 0 fully saturated rings. The van der Waals surface area contributed by atoms with E-state index in [-0.39, 0.29) is 69.4 Å². The van der Waals surface area contributed by atoms with Gasteiger partial charge in [0.1, 0.15) is 18.3 Å². The molecular weight excluding hydrogens is 395 g/mol. The van der Waals surface area contributed by atoms with Gasteiger partial charge in [0.15, 0.2) is 11.5 Å². The number of hydrogen-bond acceptors (Lipinski definition) is 8. The zero-order chi connectivity index (χ0) is 19.9. The van der Waals surface area contributed by atoms with Crippen LogP contribution in [0.5, 0.6) is 0 Å². The summed E-state index contributed by atoms with van der Waals surface area (Å²) >= 11 is 0. The maximum atomic E-state index is 12.2. The number of fused-ring (bicyclic) bond motifs is 2. The SMILES string of the molecule is Cc1cc2nc3c(=O)[nH]c(=O)nc-3n(C[C@H](O)[C@H](O)[C@H](O)CO)c2cc1C.[KH]. The quantitative estimate of drug-likeness (QED) is 0.228. The summed E-state index contributed by atoms with van der Waals surface area (Å²) in [5, 5.41) is 38.8. The van der Waals surface area contributed by atoms with Crippen molar-refractivity contribution in [3.05, 3.63) is 44.1 Å². The molecule has 1 aromatic rings. The number of hydrogen-bond donors (Lipinski definition) is 5. The second-order valence-electron chi connectivity index (χ2n) is 6.50. The van der Waals surface area contributed by atoms with Gasteiger partial charge in [0.05, 0.1) is 24.2 Å². The summed E-state index contributed by atoms with van der Waals surface area (Å²) in [5.74, 6) is -0.0516. The minimum atomic E-state index is -1.64. The van der Waals surface area contributed by atoms with Crippen molar-refractivity contribution in [1.29, 1.82) is 0 Å². The van der Waals surface area contributed by atoms with E-state index >= 15 is 0 Å².